The lowest BCUT2D eigenvalue weighted by Crippen LogP contribution is -2.36. The first-order chi connectivity index (χ1) is 19.4. The van der Waals surface area contributed by atoms with Crippen molar-refractivity contribution in [3.8, 4) is 16.8 Å². The second-order valence-electron chi connectivity index (χ2n) is 11.5. The Morgan fingerprint density at radius 1 is 1.15 bits per heavy atom. The predicted octanol–water partition coefficient (Wildman–Crippen LogP) is 5.20. The summed E-state index contributed by atoms with van der Waals surface area (Å²) in [7, 11) is 0. The largest absolute Gasteiger partial charge is 0.390 e. The van der Waals surface area contributed by atoms with Crippen LogP contribution >= 0.6 is 11.6 Å². The Morgan fingerprint density at radius 2 is 1.90 bits per heavy atom. The highest BCUT2D eigenvalue weighted by Gasteiger charge is 2.38. The highest BCUT2D eigenvalue weighted by Crippen LogP contribution is 2.51. The summed E-state index contributed by atoms with van der Waals surface area (Å²) in [6.45, 7) is 5.34. The summed E-state index contributed by atoms with van der Waals surface area (Å²) < 4.78 is 18.4. The number of hydrogen-bond acceptors (Lipinski definition) is 4. The van der Waals surface area contributed by atoms with Crippen LogP contribution in [0.25, 0.3) is 27.9 Å². The Bertz CT molecular complexity index is 1950. The zero-order valence-electron chi connectivity index (χ0n) is 22.9. The SMILES string of the molecule is Cc1c(-c2c(F)cc(C(N)=O)c3c2C2=C(C3)C[C@@H](C(C)(C)O)CC2)cccc1-n1c(=O)cc2c(Cl)cccn2c1=O. The Hall–Kier alpha value is -4.01. The van der Waals surface area contributed by atoms with Crippen LogP contribution in [-0.4, -0.2) is 25.6 Å². The van der Waals surface area contributed by atoms with Crippen molar-refractivity contribution in [3.05, 3.63) is 108 Å². The Balaban J connectivity index is 1.59. The number of amides is 1. The molecule has 0 fully saturated rings. The lowest BCUT2D eigenvalue weighted by atomic mass is 9.75. The summed E-state index contributed by atoms with van der Waals surface area (Å²) in [6, 6.07) is 10.8. The summed E-state index contributed by atoms with van der Waals surface area (Å²) in [5.74, 6) is -1.27. The minimum absolute atomic E-state index is 0.0345. The van der Waals surface area contributed by atoms with E-state index < -0.39 is 28.6 Å². The molecule has 0 aliphatic heterocycles. The summed E-state index contributed by atoms with van der Waals surface area (Å²) in [5, 5.41) is 11.0. The molecule has 2 heterocycles. The molecule has 0 unspecified atom stereocenters. The molecule has 0 saturated carbocycles. The number of halogens is 2. The second kappa shape index (κ2) is 9.53. The lowest BCUT2D eigenvalue weighted by molar-refractivity contribution is 0.0123. The van der Waals surface area contributed by atoms with Gasteiger partial charge in [-0.25, -0.2) is 13.8 Å². The Kier molecular flexibility index (Phi) is 6.32. The van der Waals surface area contributed by atoms with Gasteiger partial charge in [0.1, 0.15) is 5.82 Å². The van der Waals surface area contributed by atoms with Crippen LogP contribution in [0.3, 0.4) is 0 Å². The maximum absolute atomic E-state index is 16.1. The number of primary amides is 1. The monoisotopic (exact) mass is 573 g/mol. The fourth-order valence-corrected chi connectivity index (χ4v) is 6.77. The number of carbonyl (C=O) groups is 1. The molecular weight excluding hydrogens is 545 g/mol. The van der Waals surface area contributed by atoms with Crippen LogP contribution in [0.1, 0.15) is 60.2 Å². The highest BCUT2D eigenvalue weighted by molar-refractivity contribution is 6.33. The van der Waals surface area contributed by atoms with Gasteiger partial charge in [0.25, 0.3) is 5.56 Å². The van der Waals surface area contributed by atoms with Crippen LogP contribution < -0.4 is 17.0 Å². The number of nitrogens with two attached hydrogens (primary N) is 1. The normalized spacial score (nSPS) is 16.7. The molecule has 0 radical (unpaired) electrons. The van der Waals surface area contributed by atoms with Crippen LogP contribution in [-0.2, 0) is 6.42 Å². The van der Waals surface area contributed by atoms with Gasteiger partial charge < -0.3 is 10.8 Å². The molecule has 0 saturated heterocycles. The minimum atomic E-state index is -0.871. The molecule has 0 spiro atoms. The van der Waals surface area contributed by atoms with Gasteiger partial charge in [-0.05, 0) is 104 Å². The Labute approximate surface area is 240 Å². The molecule has 2 aliphatic rings. The van der Waals surface area contributed by atoms with E-state index in [1.165, 1.54) is 22.7 Å². The van der Waals surface area contributed by atoms with Crippen molar-refractivity contribution in [2.24, 2.45) is 11.7 Å². The van der Waals surface area contributed by atoms with Gasteiger partial charge in [-0.15, -0.1) is 0 Å². The third kappa shape index (κ3) is 4.24. The summed E-state index contributed by atoms with van der Waals surface area (Å²) in [5.41, 5.74) is 9.15. The van der Waals surface area contributed by atoms with Crippen molar-refractivity contribution in [3.63, 3.8) is 0 Å². The molecule has 2 aromatic carbocycles. The first-order valence-electron chi connectivity index (χ1n) is 13.5. The van der Waals surface area contributed by atoms with E-state index in [-0.39, 0.29) is 16.5 Å². The maximum atomic E-state index is 16.1. The maximum Gasteiger partial charge on any atom is 0.340 e. The van der Waals surface area contributed by atoms with Crippen molar-refractivity contribution >= 4 is 28.6 Å². The van der Waals surface area contributed by atoms with Gasteiger partial charge in [0.05, 0.1) is 21.8 Å². The van der Waals surface area contributed by atoms with Crippen LogP contribution in [0.2, 0.25) is 5.02 Å². The van der Waals surface area contributed by atoms with E-state index in [9.17, 15) is 19.5 Å². The molecule has 2 aromatic heterocycles. The molecule has 41 heavy (non-hydrogen) atoms. The number of rotatable bonds is 4. The highest BCUT2D eigenvalue weighted by atomic mass is 35.5. The first kappa shape index (κ1) is 27.2. The topological polar surface area (TPSA) is 107 Å². The number of benzene rings is 2. The number of aliphatic hydroxyl groups is 1. The smallest absolute Gasteiger partial charge is 0.340 e. The van der Waals surface area contributed by atoms with Crippen LogP contribution in [0.5, 0.6) is 0 Å². The van der Waals surface area contributed by atoms with E-state index in [1.54, 1.807) is 51.1 Å². The van der Waals surface area contributed by atoms with Gasteiger partial charge >= 0.3 is 5.69 Å². The van der Waals surface area contributed by atoms with Crippen LogP contribution in [0.15, 0.2) is 63.8 Å². The number of carbonyl (C=O) groups excluding carboxylic acids is 1. The molecule has 210 valence electrons. The van der Waals surface area contributed by atoms with Gasteiger partial charge in [0.15, 0.2) is 0 Å². The summed E-state index contributed by atoms with van der Waals surface area (Å²) in [4.78, 5) is 39.1. The van der Waals surface area contributed by atoms with Gasteiger partial charge in [-0.2, -0.15) is 0 Å². The summed E-state index contributed by atoms with van der Waals surface area (Å²) >= 11 is 6.23. The molecule has 1 amide bonds. The molecule has 4 aromatic rings. The lowest BCUT2D eigenvalue weighted by Gasteiger charge is -2.33. The summed E-state index contributed by atoms with van der Waals surface area (Å²) in [6.07, 6.45) is 3.96. The minimum Gasteiger partial charge on any atom is -0.390 e. The number of aromatic nitrogens is 2. The number of allylic oxidation sites excluding steroid dienone is 2. The molecule has 1 atom stereocenters. The average Bonchev–Trinajstić information content (AvgIpc) is 3.28. The number of pyridine rings is 1. The zero-order chi connectivity index (χ0) is 29.4. The molecule has 0 bridgehead atoms. The predicted molar refractivity (Wildman–Crippen MR) is 157 cm³/mol. The molecular formula is C32H29ClFN3O4. The van der Waals surface area contributed by atoms with Crippen molar-refractivity contribution < 1.29 is 14.3 Å². The van der Waals surface area contributed by atoms with Crippen LogP contribution in [0.4, 0.5) is 4.39 Å². The third-order valence-corrected chi connectivity index (χ3v) is 9.00. The fourth-order valence-electron chi connectivity index (χ4n) is 6.55. The van der Waals surface area contributed by atoms with Crippen LogP contribution in [0, 0.1) is 18.7 Å². The van der Waals surface area contributed by atoms with Gasteiger partial charge in [0, 0.05) is 23.4 Å². The van der Waals surface area contributed by atoms with E-state index in [4.69, 9.17) is 17.3 Å². The number of hydrogen-bond donors (Lipinski definition) is 2. The van der Waals surface area contributed by atoms with Gasteiger partial charge in [-0.1, -0.05) is 29.3 Å². The van der Waals surface area contributed by atoms with E-state index >= 15 is 4.39 Å². The average molecular weight is 574 g/mol. The van der Waals surface area contributed by atoms with E-state index in [1.807, 2.05) is 0 Å². The van der Waals surface area contributed by atoms with E-state index in [0.29, 0.717) is 64.7 Å². The van der Waals surface area contributed by atoms with Crippen molar-refractivity contribution in [2.45, 2.75) is 52.1 Å². The Morgan fingerprint density at radius 3 is 2.61 bits per heavy atom. The second-order valence-corrected chi connectivity index (χ2v) is 11.9. The van der Waals surface area contributed by atoms with E-state index in [2.05, 4.69) is 0 Å². The number of nitrogens with zero attached hydrogens (tertiary/aromatic N) is 2. The molecule has 2 aliphatic carbocycles. The zero-order valence-corrected chi connectivity index (χ0v) is 23.7. The van der Waals surface area contributed by atoms with E-state index in [0.717, 1.165) is 15.7 Å². The third-order valence-electron chi connectivity index (χ3n) is 8.68. The fraction of sp³-hybridized carbons (Fsp3) is 0.281. The number of fused-ring (bicyclic) bond motifs is 3. The molecule has 6 rings (SSSR count). The van der Waals surface area contributed by atoms with Gasteiger partial charge in [-0.3, -0.25) is 14.0 Å². The van der Waals surface area contributed by atoms with Crippen molar-refractivity contribution in [2.75, 3.05) is 0 Å². The molecule has 3 N–H and O–H groups in total. The van der Waals surface area contributed by atoms with Gasteiger partial charge in [0.2, 0.25) is 5.91 Å². The first-order valence-corrected chi connectivity index (χ1v) is 13.9. The molecule has 7 nitrogen and oxygen atoms in total. The quantitative estimate of drug-likeness (QED) is 0.350. The van der Waals surface area contributed by atoms with Crippen molar-refractivity contribution in [1.29, 1.82) is 0 Å². The standard InChI is InChI=1S/C32H29ClFN3O4/c1-16-19(6-4-8-25(16)37-27(38)15-26-23(33)7-5-11-36(26)31(37)40)29-24(34)14-22(30(35)39)21-13-17-12-18(32(2,3)41)9-10-20(17)28(21)29/h4-8,11,14-15,18,41H,9-10,12-13H2,1-3H3,(H2,35,39)/t18-/m0/s1. The van der Waals surface area contributed by atoms with Crippen molar-refractivity contribution in [1.82, 2.24) is 8.97 Å². The molecule has 9 heteroatoms.